The van der Waals surface area contributed by atoms with Crippen LogP contribution in [0.4, 0.5) is 0 Å². The Labute approximate surface area is 315 Å². The van der Waals surface area contributed by atoms with Gasteiger partial charge in [-0.05, 0) is 68.5 Å². The summed E-state index contributed by atoms with van der Waals surface area (Å²) in [4.78, 5) is 29.9. The van der Waals surface area contributed by atoms with Gasteiger partial charge in [-0.25, -0.2) is 0 Å². The summed E-state index contributed by atoms with van der Waals surface area (Å²) in [5.41, 5.74) is -4.37. The van der Waals surface area contributed by atoms with E-state index in [0.29, 0.717) is 0 Å². The van der Waals surface area contributed by atoms with Crippen LogP contribution in [0.3, 0.4) is 0 Å². The molecule has 0 aromatic rings. The third-order valence-corrected chi connectivity index (χ3v) is 12.4. The van der Waals surface area contributed by atoms with Crippen molar-refractivity contribution in [2.45, 2.75) is 179 Å². The first-order valence-corrected chi connectivity index (χ1v) is 19.0. The third-order valence-electron chi connectivity index (χ3n) is 12.4. The molecular weight excluding hydrogens is 694 g/mol. The molecule has 0 unspecified atom stereocenters. The Kier molecular flexibility index (Phi) is 15.5. The standard InChI is InChI=1S/C38H69NO14/c1-15-24-38(10,46)31(43)19(3)27(40)18(2)16-37(9,48-14)33(53-35-29(42)26(39(11)12)28(41)22(6)50-35)20(4)30(21(5)34(45)51-24)52-25-17-36(8,47-13)32(44)23(7)49-25/h18-26,28-33,35,41-44,46H,15-17H2,1-14H3/t18-,19+,20+,21-,22-,23+,24-,25+,26+,28-,29-,30+,31-,32+,33-,35+,36-,37-,38-/m1/s1. The number of hydrogen-bond acceptors (Lipinski definition) is 15. The Morgan fingerprint density at radius 2 is 1.38 bits per heavy atom. The predicted molar refractivity (Wildman–Crippen MR) is 192 cm³/mol. The Hall–Kier alpha value is -1.34. The number of carbonyl (C=O) groups excluding carboxylic acids is 2. The normalized spacial score (nSPS) is 49.7. The van der Waals surface area contributed by atoms with Crippen molar-refractivity contribution in [3.8, 4) is 0 Å². The number of ketones is 1. The predicted octanol–water partition coefficient (Wildman–Crippen LogP) is 1.41. The fourth-order valence-corrected chi connectivity index (χ4v) is 8.67. The highest BCUT2D eigenvalue weighted by Gasteiger charge is 2.54. The molecule has 0 bridgehead atoms. The molecule has 3 saturated heterocycles. The molecule has 3 rings (SSSR count). The van der Waals surface area contributed by atoms with Crippen molar-refractivity contribution in [1.29, 1.82) is 0 Å². The Morgan fingerprint density at radius 3 is 1.91 bits per heavy atom. The maximum Gasteiger partial charge on any atom is 0.311 e. The minimum absolute atomic E-state index is 0.0578. The molecule has 0 amide bonds. The second-order valence-electron chi connectivity index (χ2n) is 16.7. The highest BCUT2D eigenvalue weighted by molar-refractivity contribution is 5.83. The molecule has 3 fully saturated rings. The zero-order valence-electron chi connectivity index (χ0n) is 34.2. The van der Waals surface area contributed by atoms with Gasteiger partial charge in [-0.2, -0.15) is 0 Å². The molecule has 3 heterocycles. The van der Waals surface area contributed by atoms with Crippen LogP contribution in [0.1, 0.15) is 88.5 Å². The van der Waals surface area contributed by atoms with Gasteiger partial charge in [0.2, 0.25) is 0 Å². The van der Waals surface area contributed by atoms with Crippen molar-refractivity contribution < 1.29 is 68.3 Å². The zero-order valence-corrected chi connectivity index (χ0v) is 34.2. The molecule has 5 N–H and O–H groups in total. The number of hydrogen-bond donors (Lipinski definition) is 5. The molecule has 53 heavy (non-hydrogen) atoms. The van der Waals surface area contributed by atoms with Crippen molar-refractivity contribution in [1.82, 2.24) is 4.90 Å². The fourth-order valence-electron chi connectivity index (χ4n) is 8.67. The van der Waals surface area contributed by atoms with Crippen LogP contribution in [-0.2, 0) is 42.7 Å². The topological polar surface area (TPSA) is 203 Å². The SMILES string of the molecule is CC[C@H]1OC(=O)[C@H](C)[C@@H](O[C@H]2C[C@@](C)(OC)[C@@H](O)[C@H](C)O2)[C@H](C)[C@@H](O[C@@H]2O[C@H](C)[C@@H](O)[C@H](N(C)C)[C@H]2O)[C@](C)(OC)C[C@@H](C)C(=O)[C@H](C)[C@@H](O)[C@]1(C)O. The third kappa shape index (κ3) is 9.45. The van der Waals surface area contributed by atoms with Crippen molar-refractivity contribution in [2.75, 3.05) is 28.3 Å². The van der Waals surface area contributed by atoms with Crippen LogP contribution in [0.25, 0.3) is 0 Å². The van der Waals surface area contributed by atoms with Crippen molar-refractivity contribution in [3.05, 3.63) is 0 Å². The van der Waals surface area contributed by atoms with E-state index in [1.807, 2.05) is 0 Å². The van der Waals surface area contributed by atoms with Crippen LogP contribution >= 0.6 is 0 Å². The lowest BCUT2D eigenvalue weighted by Gasteiger charge is -2.50. The first-order valence-electron chi connectivity index (χ1n) is 19.0. The van der Waals surface area contributed by atoms with Gasteiger partial charge in [-0.3, -0.25) is 9.59 Å². The van der Waals surface area contributed by atoms with Crippen molar-refractivity contribution >= 4 is 11.8 Å². The van der Waals surface area contributed by atoms with Gasteiger partial charge in [0.25, 0.3) is 0 Å². The summed E-state index contributed by atoms with van der Waals surface area (Å²) < 4.78 is 43.6. The van der Waals surface area contributed by atoms with Gasteiger partial charge in [-0.15, -0.1) is 0 Å². The van der Waals surface area contributed by atoms with E-state index < -0.39 is 120 Å². The highest BCUT2D eigenvalue weighted by atomic mass is 16.7. The van der Waals surface area contributed by atoms with Crippen LogP contribution in [0.15, 0.2) is 0 Å². The van der Waals surface area contributed by atoms with Gasteiger partial charge >= 0.3 is 5.97 Å². The number of cyclic esters (lactones) is 1. The van der Waals surface area contributed by atoms with Crippen LogP contribution in [0.2, 0.25) is 0 Å². The second-order valence-corrected chi connectivity index (χ2v) is 16.7. The minimum atomic E-state index is -1.99. The average Bonchev–Trinajstić information content (AvgIpc) is 3.10. The molecule has 0 aromatic heterocycles. The first kappa shape index (κ1) is 46.0. The number of likely N-dealkylation sites (N-methyl/N-ethyl adjacent to an activating group) is 1. The average molecular weight is 764 g/mol. The first-order chi connectivity index (χ1) is 24.4. The molecule has 0 aliphatic carbocycles. The van der Waals surface area contributed by atoms with E-state index in [9.17, 15) is 35.1 Å². The van der Waals surface area contributed by atoms with E-state index in [1.165, 1.54) is 28.1 Å². The lowest BCUT2D eigenvalue weighted by Crippen LogP contribution is -2.64. The molecule has 3 aliphatic rings. The number of methoxy groups -OCH3 is 2. The van der Waals surface area contributed by atoms with Gasteiger partial charge < -0.3 is 63.6 Å². The van der Waals surface area contributed by atoms with E-state index in [1.54, 1.807) is 74.4 Å². The molecule has 0 saturated carbocycles. The molecule has 0 spiro atoms. The molecule has 15 nitrogen and oxygen atoms in total. The Balaban J connectivity index is 2.24. The summed E-state index contributed by atoms with van der Waals surface area (Å²) in [6.07, 6.45) is -11.7. The second kappa shape index (κ2) is 17.9. The van der Waals surface area contributed by atoms with Gasteiger partial charge in [0.1, 0.15) is 29.7 Å². The number of aliphatic hydroxyl groups excluding tert-OH is 4. The molecule has 3 aliphatic heterocycles. The van der Waals surface area contributed by atoms with Crippen molar-refractivity contribution in [3.63, 3.8) is 0 Å². The molecule has 0 aromatic carbocycles. The molecule has 19 atom stereocenters. The number of esters is 1. The van der Waals surface area contributed by atoms with Gasteiger partial charge in [0, 0.05) is 38.4 Å². The molecule has 310 valence electrons. The molecule has 15 heteroatoms. The summed E-state index contributed by atoms with van der Waals surface area (Å²) in [7, 11) is 6.41. The molecular formula is C38H69NO14. The number of nitrogens with zero attached hydrogens (tertiary/aromatic N) is 1. The van der Waals surface area contributed by atoms with E-state index in [2.05, 4.69) is 0 Å². The summed E-state index contributed by atoms with van der Waals surface area (Å²) in [6, 6.07) is -0.760. The smallest absolute Gasteiger partial charge is 0.311 e. The van der Waals surface area contributed by atoms with Crippen LogP contribution < -0.4 is 0 Å². The lowest BCUT2D eigenvalue weighted by atomic mass is 9.74. The van der Waals surface area contributed by atoms with Crippen LogP contribution in [-0.4, -0.2) is 161 Å². The Bertz CT molecular complexity index is 1220. The van der Waals surface area contributed by atoms with Crippen molar-refractivity contribution in [2.24, 2.45) is 23.7 Å². The van der Waals surface area contributed by atoms with E-state index in [0.717, 1.165) is 0 Å². The number of carbonyl (C=O) groups is 2. The summed E-state index contributed by atoms with van der Waals surface area (Å²) in [5, 5.41) is 56.5. The van der Waals surface area contributed by atoms with E-state index in [-0.39, 0.29) is 25.0 Å². The number of aliphatic hydroxyl groups is 5. The lowest BCUT2D eigenvalue weighted by molar-refractivity contribution is -0.328. The van der Waals surface area contributed by atoms with Gasteiger partial charge in [-0.1, -0.05) is 27.7 Å². The zero-order chi connectivity index (χ0) is 40.5. The Morgan fingerprint density at radius 1 is 0.792 bits per heavy atom. The maximum absolute atomic E-state index is 14.2. The summed E-state index contributed by atoms with van der Waals surface area (Å²) in [6.45, 7) is 16.6. The maximum atomic E-state index is 14.2. The quantitative estimate of drug-likeness (QED) is 0.222. The van der Waals surface area contributed by atoms with Gasteiger partial charge in [0.05, 0.1) is 59.8 Å². The highest BCUT2D eigenvalue weighted by Crippen LogP contribution is 2.42. The van der Waals surface area contributed by atoms with Crippen LogP contribution in [0.5, 0.6) is 0 Å². The van der Waals surface area contributed by atoms with E-state index in [4.69, 9.17) is 33.2 Å². The number of rotatable bonds is 8. The summed E-state index contributed by atoms with van der Waals surface area (Å²) in [5.74, 6) is -4.73. The number of Topliss-reactive ketones (excluding diaryl/α,β-unsaturated/α-hetero) is 1. The minimum Gasteiger partial charge on any atom is -0.459 e. The van der Waals surface area contributed by atoms with Gasteiger partial charge in [0.15, 0.2) is 12.6 Å². The monoisotopic (exact) mass is 763 g/mol. The van der Waals surface area contributed by atoms with E-state index >= 15 is 0 Å². The summed E-state index contributed by atoms with van der Waals surface area (Å²) >= 11 is 0. The largest absolute Gasteiger partial charge is 0.459 e. The molecule has 0 radical (unpaired) electrons. The fraction of sp³-hybridized carbons (Fsp3) is 0.947. The van der Waals surface area contributed by atoms with Crippen LogP contribution in [0, 0.1) is 23.7 Å². The number of ether oxygens (including phenoxy) is 7.